The molecule has 24 heavy (non-hydrogen) atoms. The van der Waals surface area contributed by atoms with Crippen molar-refractivity contribution in [1.82, 2.24) is 0 Å². The molecule has 0 saturated carbocycles. The van der Waals surface area contributed by atoms with Crippen molar-refractivity contribution in [2.24, 2.45) is 0 Å². The highest BCUT2D eigenvalue weighted by molar-refractivity contribution is 6.31. The second-order valence-corrected chi connectivity index (χ2v) is 5.21. The van der Waals surface area contributed by atoms with Crippen LogP contribution in [-0.2, 0) is 4.79 Å². The summed E-state index contributed by atoms with van der Waals surface area (Å²) in [6.45, 7) is 0. The second-order valence-electron chi connectivity index (χ2n) is 4.78. The monoisotopic (exact) mass is 347 g/mol. The van der Waals surface area contributed by atoms with Crippen molar-refractivity contribution < 1.29 is 19.0 Å². The van der Waals surface area contributed by atoms with Crippen LogP contribution in [0.1, 0.15) is 5.56 Å². The van der Waals surface area contributed by atoms with E-state index in [0.29, 0.717) is 28.0 Å². The molecule has 0 bridgehead atoms. The van der Waals surface area contributed by atoms with E-state index in [1.54, 1.807) is 56.7 Å². The molecule has 0 aliphatic rings. The molecule has 0 radical (unpaired) electrons. The Morgan fingerprint density at radius 2 is 1.75 bits per heavy atom. The van der Waals surface area contributed by atoms with Crippen molar-refractivity contribution in [3.05, 3.63) is 53.1 Å². The minimum Gasteiger partial charge on any atom is -0.497 e. The van der Waals surface area contributed by atoms with E-state index in [2.05, 4.69) is 5.32 Å². The lowest BCUT2D eigenvalue weighted by Gasteiger charge is -2.09. The van der Waals surface area contributed by atoms with Crippen molar-refractivity contribution in [3.8, 4) is 17.2 Å². The lowest BCUT2D eigenvalue weighted by Crippen LogP contribution is -2.09. The largest absolute Gasteiger partial charge is 0.497 e. The van der Waals surface area contributed by atoms with Crippen LogP contribution in [0.25, 0.3) is 6.08 Å². The van der Waals surface area contributed by atoms with E-state index in [1.807, 2.05) is 0 Å². The molecule has 0 heterocycles. The number of benzene rings is 2. The Balaban J connectivity index is 2.15. The molecule has 0 fully saturated rings. The average molecular weight is 348 g/mol. The van der Waals surface area contributed by atoms with Gasteiger partial charge in [0.1, 0.15) is 17.2 Å². The first-order chi connectivity index (χ1) is 11.6. The number of hydrogen-bond donors (Lipinski definition) is 1. The summed E-state index contributed by atoms with van der Waals surface area (Å²) in [7, 11) is 4.66. The van der Waals surface area contributed by atoms with Crippen molar-refractivity contribution in [3.63, 3.8) is 0 Å². The zero-order chi connectivity index (χ0) is 17.5. The second kappa shape index (κ2) is 8.26. The molecule has 1 amide bonds. The van der Waals surface area contributed by atoms with Crippen LogP contribution in [0, 0.1) is 0 Å². The SMILES string of the molecule is COc1ccc(/C=C/C(=O)Nc2cc(Cl)ccc2OC)c(OC)c1. The summed E-state index contributed by atoms with van der Waals surface area (Å²) in [6.07, 6.45) is 3.06. The molecule has 0 aliphatic carbocycles. The topological polar surface area (TPSA) is 56.8 Å². The number of anilines is 1. The van der Waals surface area contributed by atoms with E-state index in [1.165, 1.54) is 13.2 Å². The highest BCUT2D eigenvalue weighted by atomic mass is 35.5. The molecule has 0 atom stereocenters. The number of amides is 1. The van der Waals surface area contributed by atoms with E-state index < -0.39 is 0 Å². The Hall–Kier alpha value is -2.66. The summed E-state index contributed by atoms with van der Waals surface area (Å²) in [5.41, 5.74) is 1.26. The first kappa shape index (κ1) is 17.7. The Morgan fingerprint density at radius 1 is 1.00 bits per heavy atom. The number of rotatable bonds is 6. The fourth-order valence-corrected chi connectivity index (χ4v) is 2.25. The predicted molar refractivity (Wildman–Crippen MR) is 95.2 cm³/mol. The third-order valence-electron chi connectivity index (χ3n) is 3.27. The molecule has 2 aromatic carbocycles. The third kappa shape index (κ3) is 4.43. The summed E-state index contributed by atoms with van der Waals surface area (Å²) >= 11 is 5.95. The lowest BCUT2D eigenvalue weighted by molar-refractivity contribution is -0.111. The van der Waals surface area contributed by atoms with Gasteiger partial charge in [-0.15, -0.1) is 0 Å². The van der Waals surface area contributed by atoms with Gasteiger partial charge in [0.05, 0.1) is 27.0 Å². The van der Waals surface area contributed by atoms with Crippen LogP contribution in [-0.4, -0.2) is 27.2 Å². The molecule has 0 aliphatic heterocycles. The van der Waals surface area contributed by atoms with Gasteiger partial charge < -0.3 is 19.5 Å². The molecule has 0 saturated heterocycles. The highest BCUT2D eigenvalue weighted by Gasteiger charge is 2.07. The molecule has 0 unspecified atom stereocenters. The van der Waals surface area contributed by atoms with Gasteiger partial charge in [-0.2, -0.15) is 0 Å². The number of methoxy groups -OCH3 is 3. The van der Waals surface area contributed by atoms with E-state index >= 15 is 0 Å². The third-order valence-corrected chi connectivity index (χ3v) is 3.51. The van der Waals surface area contributed by atoms with Crippen molar-refractivity contribution in [1.29, 1.82) is 0 Å². The maximum absolute atomic E-state index is 12.1. The first-order valence-electron chi connectivity index (χ1n) is 7.12. The molecular formula is C18H18ClNO4. The average Bonchev–Trinajstić information content (AvgIpc) is 2.60. The summed E-state index contributed by atoms with van der Waals surface area (Å²) in [5.74, 6) is 1.51. The van der Waals surface area contributed by atoms with Crippen molar-refractivity contribution in [2.75, 3.05) is 26.6 Å². The Bertz CT molecular complexity index is 759. The molecule has 6 heteroatoms. The number of carbonyl (C=O) groups excluding carboxylic acids is 1. The fraction of sp³-hybridized carbons (Fsp3) is 0.167. The maximum atomic E-state index is 12.1. The van der Waals surface area contributed by atoms with Crippen LogP contribution in [0.5, 0.6) is 17.2 Å². The van der Waals surface area contributed by atoms with Gasteiger partial charge in [-0.25, -0.2) is 0 Å². The predicted octanol–water partition coefficient (Wildman–Crippen LogP) is 4.02. The summed E-state index contributed by atoms with van der Waals surface area (Å²) in [4.78, 5) is 12.1. The maximum Gasteiger partial charge on any atom is 0.248 e. The van der Waals surface area contributed by atoms with Crippen molar-refractivity contribution in [2.45, 2.75) is 0 Å². The minimum absolute atomic E-state index is 0.312. The van der Waals surface area contributed by atoms with Crippen LogP contribution in [0.3, 0.4) is 0 Å². The van der Waals surface area contributed by atoms with Gasteiger partial charge in [0.15, 0.2) is 0 Å². The molecule has 1 N–H and O–H groups in total. The van der Waals surface area contributed by atoms with Crippen LogP contribution < -0.4 is 19.5 Å². The lowest BCUT2D eigenvalue weighted by atomic mass is 10.1. The van der Waals surface area contributed by atoms with Crippen LogP contribution in [0.15, 0.2) is 42.5 Å². The molecule has 2 rings (SSSR count). The summed E-state index contributed by atoms with van der Waals surface area (Å²) in [5, 5.41) is 3.24. The Labute approximate surface area is 145 Å². The Kier molecular flexibility index (Phi) is 6.09. The number of ether oxygens (including phenoxy) is 3. The smallest absolute Gasteiger partial charge is 0.248 e. The zero-order valence-electron chi connectivity index (χ0n) is 13.6. The Morgan fingerprint density at radius 3 is 2.42 bits per heavy atom. The van der Waals surface area contributed by atoms with Gasteiger partial charge in [0.2, 0.25) is 5.91 Å². The van der Waals surface area contributed by atoms with Crippen LogP contribution >= 0.6 is 11.6 Å². The standard InChI is InChI=1S/C18H18ClNO4/c1-22-14-7-4-12(17(11-14)24-3)5-9-18(21)20-15-10-13(19)6-8-16(15)23-2/h4-11H,1-3H3,(H,20,21)/b9-5+. The number of nitrogens with one attached hydrogen (secondary N) is 1. The van der Waals surface area contributed by atoms with E-state index in [9.17, 15) is 4.79 Å². The first-order valence-corrected chi connectivity index (χ1v) is 7.49. The molecular weight excluding hydrogens is 330 g/mol. The number of halogens is 1. The van der Waals surface area contributed by atoms with E-state index in [4.69, 9.17) is 25.8 Å². The molecule has 5 nitrogen and oxygen atoms in total. The molecule has 126 valence electrons. The fourth-order valence-electron chi connectivity index (χ4n) is 2.07. The van der Waals surface area contributed by atoms with Gasteiger partial charge in [0, 0.05) is 22.7 Å². The normalized spacial score (nSPS) is 10.5. The molecule has 2 aromatic rings. The van der Waals surface area contributed by atoms with Crippen LogP contribution in [0.4, 0.5) is 5.69 Å². The molecule has 0 aromatic heterocycles. The van der Waals surface area contributed by atoms with E-state index in [0.717, 1.165) is 5.56 Å². The van der Waals surface area contributed by atoms with E-state index in [-0.39, 0.29) is 5.91 Å². The zero-order valence-corrected chi connectivity index (χ0v) is 14.4. The van der Waals surface area contributed by atoms with Gasteiger partial charge in [0.25, 0.3) is 0 Å². The van der Waals surface area contributed by atoms with Gasteiger partial charge in [-0.05, 0) is 36.4 Å². The van der Waals surface area contributed by atoms with Crippen LogP contribution in [0.2, 0.25) is 5.02 Å². The number of hydrogen-bond acceptors (Lipinski definition) is 4. The summed E-state index contributed by atoms with van der Waals surface area (Å²) in [6, 6.07) is 10.3. The number of carbonyl (C=O) groups is 1. The van der Waals surface area contributed by atoms with Gasteiger partial charge in [-0.1, -0.05) is 11.6 Å². The highest BCUT2D eigenvalue weighted by Crippen LogP contribution is 2.28. The van der Waals surface area contributed by atoms with Gasteiger partial charge >= 0.3 is 0 Å². The minimum atomic E-state index is -0.312. The van der Waals surface area contributed by atoms with Crippen molar-refractivity contribution >= 4 is 29.3 Å². The summed E-state index contributed by atoms with van der Waals surface area (Å²) < 4.78 is 15.6. The molecule has 0 spiro atoms. The quantitative estimate of drug-likeness (QED) is 0.802. The van der Waals surface area contributed by atoms with Gasteiger partial charge in [-0.3, -0.25) is 4.79 Å².